The molecule has 3 aliphatic rings. The van der Waals surface area contributed by atoms with Gasteiger partial charge < -0.3 is 36.0 Å². The van der Waals surface area contributed by atoms with E-state index in [-0.39, 0.29) is 42.5 Å². The number of hydrogen-bond donors (Lipinski definition) is 6. The number of aliphatic hydroxyl groups is 3. The lowest BCUT2D eigenvalue weighted by Gasteiger charge is -2.28. The van der Waals surface area contributed by atoms with Gasteiger partial charge in [-0.3, -0.25) is 43.4 Å². The maximum absolute atomic E-state index is 13.1. The molecule has 22 nitrogen and oxygen atoms in total. The Kier molecular flexibility index (Phi) is 21.3. The summed E-state index contributed by atoms with van der Waals surface area (Å²) in [4.78, 5) is 66.2. The molecule has 6 atom stereocenters. The first kappa shape index (κ1) is 65.7. The smallest absolute Gasteiger partial charge is 0.270 e. The Hall–Kier alpha value is -9.22. The molecular weight excluding hydrogens is 1160 g/mol. The summed E-state index contributed by atoms with van der Waals surface area (Å²) in [5.74, 6) is -0.834. The number of aliphatic hydroxyl groups excluding tert-OH is 3. The van der Waals surface area contributed by atoms with Crippen LogP contribution in [0.5, 0.6) is 0 Å². The standard InChI is InChI=1S/C24H29N5O2.C23H27N5O3.C23H27N5O2/c1-15-8-9-17(14-25-15)12-18-13-21(24(31)27-19-6-4-5-7-22(19)30)26-23(16(18)2)20-10-11-29(3)28-20;1-14-4-5-16(12-24-14)10-17-11-20(23(30)26-18-7-9-31-13-21(18)29)25-22(15(17)2)19-6-8-28(3)27-19;1-14-7-8-16(13-24-14)11-17-12-20(23(30)26-18-5-4-6-21(18)29)25-22(15(17)2)19-9-10-28(3)27-19/h8-11,13-14,19,22,30H,4-7,12H2,1-3H3,(H,27,31);4-6,8,11-12,18,21,29H,7,9-10,13H2,1-3H3,(H,26,30);7-10,12-13,18,21,29H,4-6,11H2,1-3H3,(H,26,30)/t19-,22-;2*18-,21-/m000/s1. The lowest BCUT2D eigenvalue weighted by atomic mass is 9.92. The molecule has 6 N–H and O–H groups in total. The Morgan fingerprint density at radius 3 is 1.09 bits per heavy atom. The quantitative estimate of drug-likeness (QED) is 0.0570. The monoisotopic (exact) mass is 1250 g/mol. The van der Waals surface area contributed by atoms with Gasteiger partial charge in [0.25, 0.3) is 17.7 Å². The van der Waals surface area contributed by atoms with E-state index in [0.717, 1.165) is 123 Å². The molecule has 9 aromatic heterocycles. The number of aromatic nitrogens is 12. The van der Waals surface area contributed by atoms with Crippen LogP contribution < -0.4 is 16.0 Å². The van der Waals surface area contributed by atoms with Crippen LogP contribution in [0, 0.1) is 41.5 Å². The van der Waals surface area contributed by atoms with Crippen molar-refractivity contribution in [3.8, 4) is 34.2 Å². The minimum absolute atomic E-state index is 0.219. The Bertz CT molecular complexity index is 3860. The van der Waals surface area contributed by atoms with Crippen LogP contribution in [0.3, 0.4) is 0 Å². The van der Waals surface area contributed by atoms with Crippen molar-refractivity contribution in [2.24, 2.45) is 21.1 Å². The third kappa shape index (κ3) is 16.6. The Morgan fingerprint density at radius 2 is 0.793 bits per heavy atom. The first-order valence-corrected chi connectivity index (χ1v) is 31.5. The largest absolute Gasteiger partial charge is 0.391 e. The number of aryl methyl sites for hydroxylation is 6. The number of pyridine rings is 6. The van der Waals surface area contributed by atoms with Crippen molar-refractivity contribution in [2.45, 2.75) is 149 Å². The molecule has 12 rings (SSSR count). The summed E-state index contributed by atoms with van der Waals surface area (Å²) in [6, 6.07) is 22.5. The summed E-state index contributed by atoms with van der Waals surface area (Å²) in [7, 11) is 5.56. The molecule has 3 fully saturated rings. The van der Waals surface area contributed by atoms with Crippen LogP contribution in [0.25, 0.3) is 34.2 Å². The van der Waals surface area contributed by atoms with Crippen molar-refractivity contribution in [3.05, 3.63) is 194 Å². The van der Waals surface area contributed by atoms with E-state index in [0.29, 0.717) is 72.1 Å². The van der Waals surface area contributed by atoms with Crippen molar-refractivity contribution in [2.75, 3.05) is 13.2 Å². The average Bonchev–Trinajstić information content (AvgIpc) is 1.33. The third-order valence-corrected chi connectivity index (χ3v) is 17.3. The summed E-state index contributed by atoms with van der Waals surface area (Å²) >= 11 is 0. The molecule has 0 unspecified atom stereocenters. The maximum Gasteiger partial charge on any atom is 0.270 e. The van der Waals surface area contributed by atoms with Crippen molar-refractivity contribution < 1.29 is 34.4 Å². The molecule has 10 heterocycles. The molecular formula is C70H83N15O7. The van der Waals surface area contributed by atoms with Gasteiger partial charge in [-0.2, -0.15) is 15.3 Å². The van der Waals surface area contributed by atoms with E-state index >= 15 is 0 Å². The summed E-state index contributed by atoms with van der Waals surface area (Å²) in [5, 5.41) is 52.8. The number of amides is 3. The molecule has 92 heavy (non-hydrogen) atoms. The van der Waals surface area contributed by atoms with Gasteiger partial charge in [0.2, 0.25) is 0 Å². The van der Waals surface area contributed by atoms with Gasteiger partial charge in [-0.1, -0.05) is 31.0 Å². The van der Waals surface area contributed by atoms with Gasteiger partial charge in [-0.15, -0.1) is 0 Å². The van der Waals surface area contributed by atoms with Crippen molar-refractivity contribution >= 4 is 17.7 Å². The van der Waals surface area contributed by atoms with Crippen molar-refractivity contribution in [1.82, 2.24) is 75.2 Å². The highest BCUT2D eigenvalue weighted by Gasteiger charge is 2.30. The predicted molar refractivity (Wildman–Crippen MR) is 348 cm³/mol. The van der Waals surface area contributed by atoms with E-state index in [1.165, 1.54) is 0 Å². The minimum Gasteiger partial charge on any atom is -0.391 e. The van der Waals surface area contributed by atoms with E-state index in [1.807, 2.05) is 161 Å². The van der Waals surface area contributed by atoms with Gasteiger partial charge in [0.1, 0.15) is 34.2 Å². The average molecular weight is 1250 g/mol. The van der Waals surface area contributed by atoms with E-state index in [1.54, 1.807) is 14.0 Å². The molecule has 2 aliphatic carbocycles. The van der Waals surface area contributed by atoms with Gasteiger partial charge in [0, 0.05) is 82.0 Å². The number of rotatable bonds is 15. The highest BCUT2D eigenvalue weighted by molar-refractivity contribution is 5.95. The van der Waals surface area contributed by atoms with Crippen LogP contribution in [0.2, 0.25) is 0 Å². The highest BCUT2D eigenvalue weighted by Crippen LogP contribution is 2.30. The normalized spacial score (nSPS) is 18.7. The zero-order chi connectivity index (χ0) is 65.2. The van der Waals surface area contributed by atoms with Gasteiger partial charge in [0.15, 0.2) is 0 Å². The van der Waals surface area contributed by atoms with E-state index in [4.69, 9.17) is 4.74 Å². The maximum atomic E-state index is 13.1. The molecule has 9 aromatic rings. The summed E-state index contributed by atoms with van der Waals surface area (Å²) < 4.78 is 10.4. The fraction of sp³-hybridized carbons (Fsp3) is 0.400. The number of hydrogen-bond acceptors (Lipinski definition) is 16. The fourth-order valence-electron chi connectivity index (χ4n) is 11.7. The predicted octanol–water partition coefficient (Wildman–Crippen LogP) is 7.81. The Labute approximate surface area is 536 Å². The zero-order valence-electron chi connectivity index (χ0n) is 53.9. The fourth-order valence-corrected chi connectivity index (χ4v) is 11.7. The second-order valence-electron chi connectivity index (χ2n) is 24.5. The molecule has 0 bridgehead atoms. The molecule has 0 aromatic carbocycles. The van der Waals surface area contributed by atoms with Gasteiger partial charge in [-0.05, 0) is 204 Å². The molecule has 22 heteroatoms. The highest BCUT2D eigenvalue weighted by atomic mass is 16.5. The summed E-state index contributed by atoms with van der Waals surface area (Å²) in [6.07, 6.45) is 17.9. The number of ether oxygens (including phenoxy) is 1. The lowest BCUT2D eigenvalue weighted by molar-refractivity contribution is -0.0261. The summed E-state index contributed by atoms with van der Waals surface area (Å²) in [5.41, 5.74) is 17.3. The minimum atomic E-state index is -0.725. The second kappa shape index (κ2) is 29.8. The molecule has 480 valence electrons. The second-order valence-corrected chi connectivity index (χ2v) is 24.5. The number of nitrogens with zero attached hydrogens (tertiary/aromatic N) is 12. The van der Waals surface area contributed by atoms with Crippen molar-refractivity contribution in [3.63, 3.8) is 0 Å². The lowest BCUT2D eigenvalue weighted by Crippen LogP contribution is -2.48. The molecule has 1 saturated heterocycles. The SMILES string of the molecule is Cc1ccc(Cc2cc(C(=O)N[C@H]3CCCC[C@@H]3O)nc(-c3ccn(C)n3)c2C)cn1.Cc1ccc(Cc2cc(C(=O)N[C@H]3CCC[C@@H]3O)nc(-c3ccn(C)n3)c2C)cn1.Cc1ccc(Cc2cc(C(=O)N[C@H]3CCOC[C@@H]3O)nc(-c3ccn(C)n3)c2C)cn1. The summed E-state index contributed by atoms with van der Waals surface area (Å²) in [6.45, 7) is 12.6. The first-order chi connectivity index (χ1) is 44.2. The number of nitrogens with one attached hydrogen (secondary N) is 3. The Balaban J connectivity index is 0.000000151. The van der Waals surface area contributed by atoms with Crippen LogP contribution in [0.15, 0.2) is 110 Å². The topological polar surface area (TPSA) is 288 Å². The van der Waals surface area contributed by atoms with Crippen LogP contribution in [-0.2, 0) is 45.1 Å². The molecule has 2 saturated carbocycles. The van der Waals surface area contributed by atoms with Gasteiger partial charge in [-0.25, -0.2) is 15.0 Å². The molecule has 0 radical (unpaired) electrons. The van der Waals surface area contributed by atoms with E-state index in [2.05, 4.69) is 73.3 Å². The van der Waals surface area contributed by atoms with E-state index < -0.39 is 18.3 Å². The van der Waals surface area contributed by atoms with Crippen LogP contribution in [-0.4, -0.2) is 142 Å². The zero-order valence-corrected chi connectivity index (χ0v) is 53.9. The number of carbonyl (C=O) groups excluding carboxylic acids is 3. The van der Waals surface area contributed by atoms with Gasteiger partial charge >= 0.3 is 0 Å². The third-order valence-electron chi connectivity index (χ3n) is 17.3. The molecule has 0 spiro atoms. The van der Waals surface area contributed by atoms with Crippen LogP contribution >= 0.6 is 0 Å². The van der Waals surface area contributed by atoms with Gasteiger partial charge in [0.05, 0.1) is 60.1 Å². The molecule has 1 aliphatic heterocycles. The Morgan fingerprint density at radius 1 is 0.457 bits per heavy atom. The molecule has 3 amide bonds. The first-order valence-electron chi connectivity index (χ1n) is 31.5. The number of carbonyl (C=O) groups is 3. The van der Waals surface area contributed by atoms with Crippen LogP contribution in [0.1, 0.15) is 150 Å². The van der Waals surface area contributed by atoms with Crippen LogP contribution in [0.4, 0.5) is 0 Å². The van der Waals surface area contributed by atoms with E-state index in [9.17, 15) is 29.7 Å². The van der Waals surface area contributed by atoms with Crippen molar-refractivity contribution in [1.29, 1.82) is 0 Å².